The Balaban J connectivity index is 1.73. The third-order valence-electron chi connectivity index (χ3n) is 3.82. The highest BCUT2D eigenvalue weighted by Gasteiger charge is 2.36. The number of rotatable bonds is 2. The summed E-state index contributed by atoms with van der Waals surface area (Å²) in [5.74, 6) is 1.83. The molecule has 1 fully saturated rings. The van der Waals surface area contributed by atoms with Crippen LogP contribution in [0.2, 0.25) is 0 Å². The molecule has 2 amide bonds. The summed E-state index contributed by atoms with van der Waals surface area (Å²) in [4.78, 5) is 26.4. The van der Waals surface area contributed by atoms with Gasteiger partial charge in [0.1, 0.15) is 0 Å². The topological polar surface area (TPSA) is 37.4 Å². The van der Waals surface area contributed by atoms with Gasteiger partial charge in [0, 0.05) is 11.5 Å². The third-order valence-corrected chi connectivity index (χ3v) is 6.92. The van der Waals surface area contributed by atoms with Crippen molar-refractivity contribution in [2.45, 2.75) is 4.58 Å². The van der Waals surface area contributed by atoms with Crippen molar-refractivity contribution in [3.8, 4) is 0 Å². The molecule has 2 heterocycles. The van der Waals surface area contributed by atoms with Gasteiger partial charge in [0.2, 0.25) is 0 Å². The molecule has 0 aromatic heterocycles. The van der Waals surface area contributed by atoms with E-state index in [-0.39, 0.29) is 11.8 Å². The van der Waals surface area contributed by atoms with E-state index in [2.05, 4.69) is 6.07 Å². The number of carbonyl (C=O) groups is 2. The van der Waals surface area contributed by atoms with Crippen molar-refractivity contribution in [2.24, 2.45) is 0 Å². The van der Waals surface area contributed by atoms with E-state index < -0.39 is 0 Å². The summed E-state index contributed by atoms with van der Waals surface area (Å²) >= 11 is 3.82. The summed E-state index contributed by atoms with van der Waals surface area (Å²) in [6, 6.07) is 14.8. The summed E-state index contributed by atoms with van der Waals surface area (Å²) < 4.78 is 0.398. The van der Waals surface area contributed by atoms with E-state index in [4.69, 9.17) is 0 Å². The van der Waals surface area contributed by atoms with Crippen LogP contribution < -0.4 is 4.90 Å². The van der Waals surface area contributed by atoms with Gasteiger partial charge >= 0.3 is 0 Å². The van der Waals surface area contributed by atoms with Crippen LogP contribution >= 0.6 is 23.5 Å². The summed E-state index contributed by atoms with van der Waals surface area (Å²) in [5.41, 5.74) is 2.81. The summed E-state index contributed by atoms with van der Waals surface area (Å²) in [6.07, 6.45) is 0. The maximum Gasteiger partial charge on any atom is 0.266 e. The number of hydrogen-bond donors (Lipinski definition) is 0. The molecule has 4 rings (SSSR count). The van der Waals surface area contributed by atoms with Gasteiger partial charge in [0.25, 0.3) is 11.8 Å². The fourth-order valence-corrected chi connectivity index (χ4v) is 5.62. The number of thioether (sulfide) groups is 2. The lowest BCUT2D eigenvalue weighted by Crippen LogP contribution is -2.29. The number of amides is 2. The fraction of sp³-hybridized carbons (Fsp3) is 0.176. The van der Waals surface area contributed by atoms with Crippen molar-refractivity contribution in [1.29, 1.82) is 0 Å². The lowest BCUT2D eigenvalue weighted by atomic mass is 10.1. The molecule has 0 unspecified atom stereocenters. The van der Waals surface area contributed by atoms with Gasteiger partial charge in [-0.25, -0.2) is 4.90 Å². The van der Waals surface area contributed by atoms with Crippen molar-refractivity contribution in [3.05, 3.63) is 65.2 Å². The average molecular weight is 327 g/mol. The zero-order chi connectivity index (χ0) is 15.1. The van der Waals surface area contributed by atoms with E-state index in [1.807, 2.05) is 41.7 Å². The minimum atomic E-state index is -0.232. The first-order chi connectivity index (χ1) is 10.8. The molecule has 3 nitrogen and oxygen atoms in total. The van der Waals surface area contributed by atoms with Crippen LogP contribution in [-0.2, 0) is 0 Å². The van der Waals surface area contributed by atoms with Gasteiger partial charge in [0.15, 0.2) is 0 Å². The zero-order valence-corrected chi connectivity index (χ0v) is 13.3. The Morgan fingerprint density at radius 2 is 1.50 bits per heavy atom. The van der Waals surface area contributed by atoms with Gasteiger partial charge in [-0.15, -0.1) is 23.5 Å². The van der Waals surface area contributed by atoms with E-state index >= 15 is 0 Å². The lowest BCUT2D eigenvalue weighted by Gasteiger charge is -2.16. The van der Waals surface area contributed by atoms with Gasteiger partial charge in [-0.2, -0.15) is 0 Å². The number of hydrogen-bond acceptors (Lipinski definition) is 4. The van der Waals surface area contributed by atoms with E-state index in [0.29, 0.717) is 21.4 Å². The van der Waals surface area contributed by atoms with Gasteiger partial charge in [-0.05, 0) is 29.8 Å². The SMILES string of the molecule is O=C1c2ccccc2C(=O)N1c1cccc(C2SCCS2)c1. The van der Waals surface area contributed by atoms with Crippen LogP contribution in [-0.4, -0.2) is 23.3 Å². The molecule has 0 aliphatic carbocycles. The Bertz CT molecular complexity index is 734. The zero-order valence-electron chi connectivity index (χ0n) is 11.7. The van der Waals surface area contributed by atoms with E-state index in [1.54, 1.807) is 24.3 Å². The second-order valence-corrected chi connectivity index (χ2v) is 7.88. The fourth-order valence-electron chi connectivity index (χ4n) is 2.79. The molecule has 0 bridgehead atoms. The van der Waals surface area contributed by atoms with E-state index in [9.17, 15) is 9.59 Å². The van der Waals surface area contributed by atoms with Crippen LogP contribution in [0.4, 0.5) is 5.69 Å². The monoisotopic (exact) mass is 327 g/mol. The molecule has 1 saturated heterocycles. The lowest BCUT2D eigenvalue weighted by molar-refractivity contribution is 0.0926. The smallest absolute Gasteiger partial charge is 0.266 e. The highest BCUT2D eigenvalue weighted by atomic mass is 32.2. The van der Waals surface area contributed by atoms with Crippen LogP contribution in [0.1, 0.15) is 30.9 Å². The number of imide groups is 1. The molecule has 2 aliphatic heterocycles. The Morgan fingerprint density at radius 1 is 0.864 bits per heavy atom. The first kappa shape index (κ1) is 13.9. The van der Waals surface area contributed by atoms with Gasteiger partial charge in [-0.3, -0.25) is 9.59 Å². The Labute approximate surface area is 137 Å². The minimum absolute atomic E-state index is 0.232. The molecular weight excluding hydrogens is 314 g/mol. The van der Waals surface area contributed by atoms with Gasteiger partial charge in [0.05, 0.1) is 21.4 Å². The molecule has 0 spiro atoms. The first-order valence-electron chi connectivity index (χ1n) is 7.07. The maximum absolute atomic E-state index is 12.5. The normalized spacial score (nSPS) is 18.1. The van der Waals surface area contributed by atoms with Crippen LogP contribution in [0.25, 0.3) is 0 Å². The third kappa shape index (κ3) is 2.16. The van der Waals surface area contributed by atoms with Crippen LogP contribution in [0.15, 0.2) is 48.5 Å². The van der Waals surface area contributed by atoms with Gasteiger partial charge in [-0.1, -0.05) is 24.3 Å². The van der Waals surface area contributed by atoms with Crippen molar-refractivity contribution in [2.75, 3.05) is 16.4 Å². The summed E-state index contributed by atoms with van der Waals surface area (Å²) in [7, 11) is 0. The Kier molecular flexibility index (Phi) is 3.47. The second-order valence-electron chi connectivity index (χ2n) is 5.16. The van der Waals surface area contributed by atoms with Crippen LogP contribution in [0.3, 0.4) is 0 Å². The molecule has 0 N–H and O–H groups in total. The maximum atomic E-state index is 12.5. The highest BCUT2D eigenvalue weighted by molar-refractivity contribution is 8.19. The highest BCUT2D eigenvalue weighted by Crippen LogP contribution is 2.46. The average Bonchev–Trinajstić information content (AvgIpc) is 3.17. The Morgan fingerprint density at radius 3 is 2.14 bits per heavy atom. The standard InChI is InChI=1S/C17H13NO2S2/c19-15-13-6-1-2-7-14(13)16(20)18(15)12-5-3-4-11(10-12)17-21-8-9-22-17/h1-7,10,17H,8-9H2. The molecule has 0 atom stereocenters. The molecule has 0 saturated carbocycles. The molecule has 2 aromatic rings. The molecule has 5 heteroatoms. The summed E-state index contributed by atoms with van der Waals surface area (Å²) in [6.45, 7) is 0. The first-order valence-corrected chi connectivity index (χ1v) is 9.16. The van der Waals surface area contributed by atoms with Crippen molar-refractivity contribution in [1.82, 2.24) is 0 Å². The van der Waals surface area contributed by atoms with Crippen LogP contribution in [0, 0.1) is 0 Å². The quantitative estimate of drug-likeness (QED) is 0.782. The molecular formula is C17H13NO2S2. The number of carbonyl (C=O) groups excluding carboxylic acids is 2. The summed E-state index contributed by atoms with van der Waals surface area (Å²) in [5, 5.41) is 0. The molecule has 2 aliphatic rings. The van der Waals surface area contributed by atoms with Crippen LogP contribution in [0.5, 0.6) is 0 Å². The molecule has 0 radical (unpaired) electrons. The van der Waals surface area contributed by atoms with Crippen molar-refractivity contribution in [3.63, 3.8) is 0 Å². The predicted molar refractivity (Wildman–Crippen MR) is 91.7 cm³/mol. The molecule has 22 heavy (non-hydrogen) atoms. The largest absolute Gasteiger partial charge is 0.268 e. The molecule has 2 aromatic carbocycles. The second kappa shape index (κ2) is 5.48. The van der Waals surface area contributed by atoms with Crippen molar-refractivity contribution >= 4 is 41.0 Å². The number of nitrogens with zero attached hydrogens (tertiary/aromatic N) is 1. The predicted octanol–water partition coefficient (Wildman–Crippen LogP) is 3.97. The van der Waals surface area contributed by atoms with Crippen molar-refractivity contribution < 1.29 is 9.59 Å². The Hall–Kier alpha value is -1.72. The number of anilines is 1. The van der Waals surface area contributed by atoms with Gasteiger partial charge < -0.3 is 0 Å². The van der Waals surface area contributed by atoms with E-state index in [1.165, 1.54) is 10.5 Å². The minimum Gasteiger partial charge on any atom is -0.268 e. The van der Waals surface area contributed by atoms with E-state index in [0.717, 1.165) is 11.5 Å². The number of fused-ring (bicyclic) bond motifs is 1. The number of benzene rings is 2. The molecule has 110 valence electrons.